The van der Waals surface area contributed by atoms with E-state index in [1.54, 1.807) is 12.1 Å². The summed E-state index contributed by atoms with van der Waals surface area (Å²) in [5.74, 6) is 0.281. The third kappa shape index (κ3) is 3.47. The average Bonchev–Trinajstić information content (AvgIpc) is 2.98. The molecule has 1 N–H and O–H groups in total. The van der Waals surface area contributed by atoms with Gasteiger partial charge in [0.25, 0.3) is 0 Å². The Balaban J connectivity index is 1.58. The van der Waals surface area contributed by atoms with Gasteiger partial charge in [-0.05, 0) is 34.7 Å². The highest BCUT2D eigenvalue weighted by molar-refractivity contribution is 5.42. The Hall–Kier alpha value is -2.91. The van der Waals surface area contributed by atoms with Gasteiger partial charge in [-0.2, -0.15) is 13.2 Å². The molecule has 23 heavy (non-hydrogen) atoms. The van der Waals surface area contributed by atoms with Gasteiger partial charge < -0.3 is 10.1 Å². The Morgan fingerprint density at radius 3 is 2.78 bits per heavy atom. The highest BCUT2D eigenvalue weighted by Crippen LogP contribution is 2.35. The third-order valence-corrected chi connectivity index (χ3v) is 2.93. The summed E-state index contributed by atoms with van der Waals surface area (Å²) in [4.78, 5) is 0. The largest absolute Gasteiger partial charge is 0.491 e. The van der Waals surface area contributed by atoms with Crippen molar-refractivity contribution in [2.45, 2.75) is 6.18 Å². The van der Waals surface area contributed by atoms with Gasteiger partial charge >= 0.3 is 6.18 Å². The summed E-state index contributed by atoms with van der Waals surface area (Å²) in [7, 11) is 0. The number of tetrazole rings is 1. The van der Waals surface area contributed by atoms with E-state index in [4.69, 9.17) is 4.74 Å². The first-order valence-electron chi connectivity index (χ1n) is 6.62. The van der Waals surface area contributed by atoms with Gasteiger partial charge in [0.15, 0.2) is 5.65 Å². The van der Waals surface area contributed by atoms with Crippen LogP contribution in [0.25, 0.3) is 5.65 Å². The van der Waals surface area contributed by atoms with Crippen molar-refractivity contribution in [1.29, 1.82) is 0 Å². The number of para-hydroxylation sites is 1. The second-order valence-electron chi connectivity index (χ2n) is 4.51. The van der Waals surface area contributed by atoms with Crippen LogP contribution >= 0.6 is 0 Å². The zero-order valence-corrected chi connectivity index (χ0v) is 11.7. The number of benzene rings is 1. The minimum Gasteiger partial charge on any atom is -0.491 e. The van der Waals surface area contributed by atoms with Crippen molar-refractivity contribution >= 4 is 11.5 Å². The average molecular weight is 324 g/mol. The van der Waals surface area contributed by atoms with Crippen LogP contribution in [0.5, 0.6) is 5.75 Å². The van der Waals surface area contributed by atoms with Crippen molar-refractivity contribution in [2.24, 2.45) is 0 Å². The fourth-order valence-corrected chi connectivity index (χ4v) is 1.91. The topological polar surface area (TPSA) is 77.2 Å². The van der Waals surface area contributed by atoms with E-state index in [9.17, 15) is 13.2 Å². The molecule has 2 heterocycles. The number of hydrogen-bond acceptors (Lipinski definition) is 6. The Kier molecular flexibility index (Phi) is 3.96. The van der Waals surface area contributed by atoms with Crippen molar-refractivity contribution in [3.05, 3.63) is 42.0 Å². The molecule has 0 aliphatic carbocycles. The summed E-state index contributed by atoms with van der Waals surface area (Å²) < 4.78 is 44.9. The molecule has 0 atom stereocenters. The van der Waals surface area contributed by atoms with E-state index in [1.165, 1.54) is 22.8 Å². The summed E-state index contributed by atoms with van der Waals surface area (Å²) in [6, 6.07) is 8.40. The monoisotopic (exact) mass is 324 g/mol. The maximum Gasteiger partial charge on any atom is 0.419 e. The number of halogens is 3. The number of aromatic nitrogens is 5. The van der Waals surface area contributed by atoms with Gasteiger partial charge in [0.05, 0.1) is 12.1 Å². The van der Waals surface area contributed by atoms with Crippen LogP contribution in [-0.4, -0.2) is 38.4 Å². The molecule has 0 saturated carbocycles. The highest BCUT2D eigenvalue weighted by Gasteiger charge is 2.33. The molecule has 2 aromatic heterocycles. The van der Waals surface area contributed by atoms with Crippen LogP contribution < -0.4 is 10.1 Å². The van der Waals surface area contributed by atoms with Crippen LogP contribution in [0.1, 0.15) is 5.56 Å². The van der Waals surface area contributed by atoms with Gasteiger partial charge in [0.2, 0.25) is 0 Å². The van der Waals surface area contributed by atoms with Gasteiger partial charge in [-0.25, -0.2) is 0 Å². The van der Waals surface area contributed by atoms with Crippen LogP contribution in [0, 0.1) is 0 Å². The van der Waals surface area contributed by atoms with Gasteiger partial charge in [-0.3, -0.25) is 0 Å². The quantitative estimate of drug-likeness (QED) is 0.724. The van der Waals surface area contributed by atoms with Crippen LogP contribution in [0.15, 0.2) is 36.4 Å². The predicted molar refractivity (Wildman–Crippen MR) is 74.0 cm³/mol. The number of alkyl halides is 3. The molecular formula is C13H11F3N6O. The number of ether oxygens (including phenoxy) is 1. The maximum absolute atomic E-state index is 12.8. The normalized spacial score (nSPS) is 11.6. The highest BCUT2D eigenvalue weighted by atomic mass is 19.4. The number of nitrogens with zero attached hydrogens (tertiary/aromatic N) is 5. The lowest BCUT2D eigenvalue weighted by Gasteiger charge is -2.14. The number of rotatable bonds is 5. The van der Waals surface area contributed by atoms with E-state index in [1.807, 2.05) is 0 Å². The minimum absolute atomic E-state index is 0.0441. The summed E-state index contributed by atoms with van der Waals surface area (Å²) in [6.07, 6.45) is -4.45. The lowest BCUT2D eigenvalue weighted by atomic mass is 10.2. The Bertz CT molecular complexity index is 804. The van der Waals surface area contributed by atoms with Crippen LogP contribution in [0.3, 0.4) is 0 Å². The van der Waals surface area contributed by atoms with Gasteiger partial charge in [0, 0.05) is 0 Å². The van der Waals surface area contributed by atoms with Crippen molar-refractivity contribution < 1.29 is 17.9 Å². The molecule has 3 aromatic rings. The molecule has 120 valence electrons. The standard InChI is InChI=1S/C13H11F3N6O/c14-13(15,16)9-3-1-2-4-10(9)23-8-7-17-11-5-6-12-18-20-21-22(12)19-11/h1-6H,7-8H2,(H,17,19). The number of hydrogen-bond donors (Lipinski definition) is 1. The smallest absolute Gasteiger partial charge is 0.419 e. The maximum atomic E-state index is 12.8. The molecule has 3 rings (SSSR count). The predicted octanol–water partition coefficient (Wildman–Crippen LogP) is 2.03. The zero-order chi connectivity index (χ0) is 16.3. The number of anilines is 1. The molecule has 0 aliphatic heterocycles. The first-order valence-corrected chi connectivity index (χ1v) is 6.62. The number of fused-ring (bicyclic) bond motifs is 1. The second-order valence-corrected chi connectivity index (χ2v) is 4.51. The lowest BCUT2D eigenvalue weighted by Crippen LogP contribution is -2.15. The molecule has 0 aliphatic rings. The van der Waals surface area contributed by atoms with Crippen LogP contribution in [-0.2, 0) is 6.18 Å². The molecule has 0 unspecified atom stereocenters. The van der Waals surface area contributed by atoms with Crippen LogP contribution in [0.4, 0.5) is 19.0 Å². The van der Waals surface area contributed by atoms with E-state index >= 15 is 0 Å². The fourth-order valence-electron chi connectivity index (χ4n) is 1.91. The minimum atomic E-state index is -4.45. The fraction of sp³-hybridized carbons (Fsp3) is 0.231. The summed E-state index contributed by atoms with van der Waals surface area (Å²) in [5.41, 5.74) is -0.306. The van der Waals surface area contributed by atoms with Crippen molar-refractivity contribution in [2.75, 3.05) is 18.5 Å². The SMILES string of the molecule is FC(F)(F)c1ccccc1OCCNc1ccc2nnnn2n1. The third-order valence-electron chi connectivity index (χ3n) is 2.93. The van der Waals surface area contributed by atoms with Gasteiger partial charge in [-0.15, -0.1) is 14.8 Å². The lowest BCUT2D eigenvalue weighted by molar-refractivity contribution is -0.138. The van der Waals surface area contributed by atoms with Crippen molar-refractivity contribution in [3.8, 4) is 5.75 Å². The summed E-state index contributed by atoms with van der Waals surface area (Å²) >= 11 is 0. The Morgan fingerprint density at radius 1 is 1.13 bits per heavy atom. The molecule has 0 radical (unpaired) electrons. The van der Waals surface area contributed by atoms with Crippen molar-refractivity contribution in [3.63, 3.8) is 0 Å². The van der Waals surface area contributed by atoms with Crippen molar-refractivity contribution in [1.82, 2.24) is 25.3 Å². The Morgan fingerprint density at radius 2 is 1.96 bits per heavy atom. The molecule has 1 aromatic carbocycles. The molecule has 0 fully saturated rings. The van der Waals surface area contributed by atoms with E-state index < -0.39 is 11.7 Å². The van der Waals surface area contributed by atoms with E-state index in [-0.39, 0.29) is 18.9 Å². The molecule has 0 amide bonds. The Labute approximate surface area is 128 Å². The van der Waals surface area contributed by atoms with Crippen LogP contribution in [0.2, 0.25) is 0 Å². The number of nitrogens with one attached hydrogen (secondary N) is 1. The first kappa shape index (κ1) is 15.0. The summed E-state index contributed by atoms with van der Waals surface area (Å²) in [5, 5.41) is 17.8. The van der Waals surface area contributed by atoms with Gasteiger partial charge in [0.1, 0.15) is 18.2 Å². The second kappa shape index (κ2) is 6.07. The summed E-state index contributed by atoms with van der Waals surface area (Å²) in [6.45, 7) is 0.315. The van der Waals surface area contributed by atoms with E-state index in [2.05, 4.69) is 25.9 Å². The van der Waals surface area contributed by atoms with E-state index in [0.29, 0.717) is 11.5 Å². The zero-order valence-electron chi connectivity index (χ0n) is 11.7. The molecular weight excluding hydrogens is 313 g/mol. The molecule has 0 bridgehead atoms. The molecule has 0 saturated heterocycles. The van der Waals surface area contributed by atoms with E-state index in [0.717, 1.165) is 6.07 Å². The molecule has 0 spiro atoms. The van der Waals surface area contributed by atoms with Gasteiger partial charge in [-0.1, -0.05) is 12.1 Å². The first-order chi connectivity index (χ1) is 11.0. The molecule has 10 heteroatoms. The molecule has 7 nitrogen and oxygen atoms in total.